The van der Waals surface area contributed by atoms with E-state index in [1.807, 2.05) is 37.3 Å². The molecule has 0 aromatic heterocycles. The van der Waals surface area contributed by atoms with Crippen molar-refractivity contribution in [1.82, 2.24) is 10.6 Å². The summed E-state index contributed by atoms with van der Waals surface area (Å²) in [6.45, 7) is 1.99. The fourth-order valence-corrected chi connectivity index (χ4v) is 1.95. The summed E-state index contributed by atoms with van der Waals surface area (Å²) in [6, 6.07) is 9.24. The summed E-state index contributed by atoms with van der Waals surface area (Å²) in [6.07, 6.45) is 1.16. The topological polar surface area (TPSA) is 58.2 Å². The van der Waals surface area contributed by atoms with Gasteiger partial charge in [0.1, 0.15) is 6.04 Å². The first-order chi connectivity index (χ1) is 8.20. The van der Waals surface area contributed by atoms with E-state index in [9.17, 15) is 9.59 Å². The largest absolute Gasteiger partial charge is 0.349 e. The molecule has 1 fully saturated rings. The Hall–Kier alpha value is -1.84. The molecule has 1 heterocycles. The number of nitrogens with one attached hydrogen (secondary N) is 2. The predicted molar refractivity (Wildman–Crippen MR) is 64.3 cm³/mol. The number of carbonyl (C=O) groups is 2. The first kappa shape index (κ1) is 11.6. The molecule has 2 N–H and O–H groups in total. The van der Waals surface area contributed by atoms with E-state index in [1.54, 1.807) is 0 Å². The van der Waals surface area contributed by atoms with Gasteiger partial charge in [0, 0.05) is 0 Å². The lowest BCUT2D eigenvalue weighted by Crippen LogP contribution is -2.68. The lowest BCUT2D eigenvalue weighted by atomic mass is 9.96. The SMILES string of the molecule is CCC1NC(=O)C1NC(=O)Cc1ccccc1. The standard InChI is InChI=1S/C13H16N2O2/c1-2-10-12(13(17)14-10)15-11(16)8-9-6-4-3-5-7-9/h3-7,10,12H,2,8H2,1H3,(H,14,17)(H,15,16). The van der Waals surface area contributed by atoms with Crippen molar-refractivity contribution < 1.29 is 9.59 Å². The van der Waals surface area contributed by atoms with Crippen LogP contribution in [-0.2, 0) is 16.0 Å². The molecule has 1 aliphatic heterocycles. The van der Waals surface area contributed by atoms with Crippen LogP contribution in [0.25, 0.3) is 0 Å². The van der Waals surface area contributed by atoms with Crippen molar-refractivity contribution in [3.63, 3.8) is 0 Å². The van der Waals surface area contributed by atoms with E-state index in [4.69, 9.17) is 0 Å². The van der Waals surface area contributed by atoms with E-state index in [-0.39, 0.29) is 23.9 Å². The molecule has 2 atom stereocenters. The molecular weight excluding hydrogens is 216 g/mol. The van der Waals surface area contributed by atoms with Gasteiger partial charge in [-0.25, -0.2) is 0 Å². The molecule has 0 aliphatic carbocycles. The van der Waals surface area contributed by atoms with E-state index >= 15 is 0 Å². The molecule has 0 bridgehead atoms. The van der Waals surface area contributed by atoms with Crippen LogP contribution in [-0.4, -0.2) is 23.9 Å². The smallest absolute Gasteiger partial charge is 0.245 e. The fraction of sp³-hybridized carbons (Fsp3) is 0.385. The Kier molecular flexibility index (Phi) is 3.42. The Balaban J connectivity index is 1.87. The minimum Gasteiger partial charge on any atom is -0.349 e. The second-order valence-electron chi connectivity index (χ2n) is 4.23. The third-order valence-electron chi connectivity index (χ3n) is 2.98. The summed E-state index contributed by atoms with van der Waals surface area (Å²) in [4.78, 5) is 23.0. The summed E-state index contributed by atoms with van der Waals surface area (Å²) < 4.78 is 0. The first-order valence-corrected chi connectivity index (χ1v) is 5.84. The maximum Gasteiger partial charge on any atom is 0.245 e. The number of hydrogen-bond donors (Lipinski definition) is 2. The van der Waals surface area contributed by atoms with Crippen LogP contribution in [0.15, 0.2) is 30.3 Å². The lowest BCUT2D eigenvalue weighted by molar-refractivity contribution is -0.136. The molecule has 1 aliphatic rings. The van der Waals surface area contributed by atoms with Crippen LogP contribution in [0.5, 0.6) is 0 Å². The van der Waals surface area contributed by atoms with Crippen LogP contribution in [0, 0.1) is 0 Å². The Bertz CT molecular complexity index is 417. The number of β-lactam (4-membered cyclic amide) rings is 1. The van der Waals surface area contributed by atoms with Crippen LogP contribution in [0.3, 0.4) is 0 Å². The van der Waals surface area contributed by atoms with Crippen LogP contribution < -0.4 is 10.6 Å². The van der Waals surface area contributed by atoms with Crippen LogP contribution >= 0.6 is 0 Å². The zero-order valence-corrected chi connectivity index (χ0v) is 9.77. The van der Waals surface area contributed by atoms with Crippen molar-refractivity contribution in [1.29, 1.82) is 0 Å². The van der Waals surface area contributed by atoms with Crippen molar-refractivity contribution in [3.8, 4) is 0 Å². The second-order valence-corrected chi connectivity index (χ2v) is 4.23. The number of hydrogen-bond acceptors (Lipinski definition) is 2. The Morgan fingerprint density at radius 2 is 2.06 bits per heavy atom. The van der Waals surface area contributed by atoms with Gasteiger partial charge in [0.2, 0.25) is 11.8 Å². The maximum atomic E-state index is 11.7. The van der Waals surface area contributed by atoms with Gasteiger partial charge >= 0.3 is 0 Å². The quantitative estimate of drug-likeness (QED) is 0.748. The van der Waals surface area contributed by atoms with Crippen LogP contribution in [0.1, 0.15) is 18.9 Å². The molecule has 1 aromatic carbocycles. The van der Waals surface area contributed by atoms with E-state index in [1.165, 1.54) is 0 Å². The zero-order valence-electron chi connectivity index (χ0n) is 9.77. The highest BCUT2D eigenvalue weighted by Gasteiger charge is 2.38. The molecule has 2 amide bonds. The van der Waals surface area contributed by atoms with Crippen LogP contribution in [0.2, 0.25) is 0 Å². The van der Waals surface area contributed by atoms with Gasteiger partial charge in [-0.2, -0.15) is 0 Å². The minimum atomic E-state index is -0.351. The summed E-state index contributed by atoms with van der Waals surface area (Å²) >= 11 is 0. The zero-order chi connectivity index (χ0) is 12.3. The van der Waals surface area contributed by atoms with Gasteiger partial charge in [0.15, 0.2) is 0 Å². The van der Waals surface area contributed by atoms with Gasteiger partial charge in [0.05, 0.1) is 12.5 Å². The van der Waals surface area contributed by atoms with Crippen molar-refractivity contribution in [3.05, 3.63) is 35.9 Å². The third-order valence-corrected chi connectivity index (χ3v) is 2.98. The van der Waals surface area contributed by atoms with E-state index in [2.05, 4.69) is 10.6 Å². The second kappa shape index (κ2) is 4.99. The van der Waals surface area contributed by atoms with E-state index < -0.39 is 0 Å². The first-order valence-electron chi connectivity index (χ1n) is 5.84. The summed E-state index contributed by atoms with van der Waals surface area (Å²) in [7, 11) is 0. The van der Waals surface area contributed by atoms with Crippen molar-refractivity contribution in [2.75, 3.05) is 0 Å². The fourth-order valence-electron chi connectivity index (χ4n) is 1.95. The maximum absolute atomic E-state index is 11.7. The predicted octanol–water partition coefficient (Wildman–Crippen LogP) is 0.622. The number of amides is 2. The molecule has 0 radical (unpaired) electrons. The summed E-state index contributed by atoms with van der Waals surface area (Å²) in [5, 5.41) is 5.52. The van der Waals surface area contributed by atoms with Crippen molar-refractivity contribution >= 4 is 11.8 Å². The highest BCUT2D eigenvalue weighted by atomic mass is 16.2. The van der Waals surface area contributed by atoms with Crippen molar-refractivity contribution in [2.24, 2.45) is 0 Å². The highest BCUT2D eigenvalue weighted by Crippen LogP contribution is 2.10. The monoisotopic (exact) mass is 232 g/mol. The molecule has 2 unspecified atom stereocenters. The Morgan fingerprint density at radius 3 is 2.65 bits per heavy atom. The lowest BCUT2D eigenvalue weighted by Gasteiger charge is -2.36. The van der Waals surface area contributed by atoms with Gasteiger partial charge in [-0.05, 0) is 12.0 Å². The summed E-state index contributed by atoms with van der Waals surface area (Å²) in [5.74, 6) is -0.187. The number of carbonyl (C=O) groups excluding carboxylic acids is 2. The molecule has 4 nitrogen and oxygen atoms in total. The van der Waals surface area contributed by atoms with Gasteiger partial charge in [-0.1, -0.05) is 37.3 Å². The molecule has 4 heteroatoms. The molecule has 2 rings (SSSR count). The molecule has 0 spiro atoms. The molecule has 17 heavy (non-hydrogen) atoms. The molecular formula is C13H16N2O2. The summed E-state index contributed by atoms with van der Waals surface area (Å²) in [5.41, 5.74) is 0.956. The average molecular weight is 232 g/mol. The Labute approximate surface area is 100 Å². The molecule has 0 saturated carbocycles. The van der Waals surface area contributed by atoms with Crippen molar-refractivity contribution in [2.45, 2.75) is 31.8 Å². The minimum absolute atomic E-state index is 0.0849. The van der Waals surface area contributed by atoms with E-state index in [0.717, 1.165) is 12.0 Å². The van der Waals surface area contributed by atoms with Gasteiger partial charge in [-0.15, -0.1) is 0 Å². The molecule has 90 valence electrons. The van der Waals surface area contributed by atoms with Gasteiger partial charge in [-0.3, -0.25) is 9.59 Å². The van der Waals surface area contributed by atoms with Crippen LogP contribution in [0.4, 0.5) is 0 Å². The normalized spacial score (nSPS) is 22.5. The third kappa shape index (κ3) is 2.64. The molecule has 1 saturated heterocycles. The van der Waals surface area contributed by atoms with Gasteiger partial charge in [0.25, 0.3) is 0 Å². The van der Waals surface area contributed by atoms with Gasteiger partial charge < -0.3 is 10.6 Å². The highest BCUT2D eigenvalue weighted by molar-refractivity contribution is 5.93. The number of rotatable bonds is 4. The number of benzene rings is 1. The molecule has 1 aromatic rings. The Morgan fingerprint density at radius 1 is 1.35 bits per heavy atom. The average Bonchev–Trinajstić information content (AvgIpc) is 2.34. The van der Waals surface area contributed by atoms with E-state index in [0.29, 0.717) is 6.42 Å².